The van der Waals surface area contributed by atoms with E-state index >= 15 is 0 Å². The lowest BCUT2D eigenvalue weighted by molar-refractivity contribution is 0.580. The maximum absolute atomic E-state index is 12.5. The van der Waals surface area contributed by atoms with Gasteiger partial charge in [0.1, 0.15) is 0 Å². The average molecular weight is 356 g/mol. The summed E-state index contributed by atoms with van der Waals surface area (Å²) in [6, 6.07) is 16.6. The molecule has 0 fully saturated rings. The predicted molar refractivity (Wildman–Crippen MR) is 89.0 cm³/mol. The highest BCUT2D eigenvalue weighted by molar-refractivity contribution is 8.07. The van der Waals surface area contributed by atoms with E-state index in [9.17, 15) is 16.8 Å². The van der Waals surface area contributed by atoms with Crippen LogP contribution in [0.4, 0.5) is 11.4 Å². The molecular weight excluding hydrogens is 340 g/mol. The Kier molecular flexibility index (Phi) is 5.21. The van der Waals surface area contributed by atoms with Crippen LogP contribution < -0.4 is 20.5 Å². The molecule has 0 aliphatic heterocycles. The Morgan fingerprint density at radius 3 is 1.91 bits per heavy atom. The van der Waals surface area contributed by atoms with Crippen molar-refractivity contribution in [2.75, 3.05) is 14.9 Å². The number of benzene rings is 2. The first kappa shape index (κ1) is 17.2. The van der Waals surface area contributed by atoms with Gasteiger partial charge in [-0.25, -0.2) is 16.8 Å². The van der Waals surface area contributed by atoms with Gasteiger partial charge in [0.05, 0.1) is 11.4 Å². The van der Waals surface area contributed by atoms with Crippen LogP contribution in [0.15, 0.2) is 60.7 Å². The minimum atomic E-state index is -4.25. The molecule has 0 spiro atoms. The first-order valence-electron chi connectivity index (χ1n) is 6.44. The van der Waals surface area contributed by atoms with Crippen molar-refractivity contribution in [2.45, 2.75) is 0 Å². The fourth-order valence-electron chi connectivity index (χ4n) is 1.77. The number of rotatable bonds is 7. The Morgan fingerprint density at radius 2 is 1.39 bits per heavy atom. The first-order valence-corrected chi connectivity index (χ1v) is 9.70. The van der Waals surface area contributed by atoms with Crippen LogP contribution in [0.2, 0.25) is 0 Å². The highest BCUT2D eigenvalue weighted by Gasteiger charge is 2.29. The van der Waals surface area contributed by atoms with Crippen molar-refractivity contribution >= 4 is 31.4 Å². The molecule has 0 unspecified atom stereocenters. The Bertz CT molecular complexity index is 840. The highest BCUT2D eigenvalue weighted by atomic mass is 32.3. The van der Waals surface area contributed by atoms with E-state index < -0.39 is 25.1 Å². The number of hydrogen-bond acceptors (Lipinski definition) is 6. The summed E-state index contributed by atoms with van der Waals surface area (Å²) in [5.74, 6) is 4.86. The zero-order chi connectivity index (χ0) is 16.9. The van der Waals surface area contributed by atoms with Gasteiger partial charge >= 0.3 is 0 Å². The second-order valence-corrected chi connectivity index (χ2v) is 8.48. The van der Waals surface area contributed by atoms with Gasteiger partial charge in [-0.15, -0.1) is 0 Å². The summed E-state index contributed by atoms with van der Waals surface area (Å²) < 4.78 is 48.9. The van der Waals surface area contributed by atoms with Crippen molar-refractivity contribution < 1.29 is 16.8 Å². The number of nitrogens with zero attached hydrogens (tertiary/aromatic N) is 1. The van der Waals surface area contributed by atoms with Crippen LogP contribution >= 0.6 is 0 Å². The van der Waals surface area contributed by atoms with Crippen molar-refractivity contribution in [1.82, 2.24) is 4.83 Å². The fourth-order valence-corrected chi connectivity index (χ4v) is 4.72. The monoisotopic (exact) mass is 356 g/mol. The van der Waals surface area contributed by atoms with Crippen LogP contribution in [0.25, 0.3) is 0 Å². The first-order chi connectivity index (χ1) is 10.8. The van der Waals surface area contributed by atoms with Gasteiger partial charge in [-0.3, -0.25) is 11.3 Å². The number of anilines is 2. The Labute approximate surface area is 135 Å². The third-order valence-corrected chi connectivity index (χ3v) is 6.41. The third kappa shape index (κ3) is 4.66. The quantitative estimate of drug-likeness (QED) is 0.493. The maximum Gasteiger partial charge on any atom is 0.268 e. The topological polar surface area (TPSA) is 122 Å². The lowest BCUT2D eigenvalue weighted by atomic mass is 10.3. The molecule has 0 bridgehead atoms. The minimum Gasteiger partial charge on any atom is -0.284 e. The summed E-state index contributed by atoms with van der Waals surface area (Å²) >= 11 is 0. The summed E-state index contributed by atoms with van der Waals surface area (Å²) in [6.07, 6.45) is 0. The summed E-state index contributed by atoms with van der Waals surface area (Å²) in [5, 5.41) is -1.19. The molecule has 0 heterocycles. The van der Waals surface area contributed by atoms with E-state index in [2.05, 4.69) is 5.43 Å². The molecule has 0 saturated carbocycles. The predicted octanol–water partition coefficient (Wildman–Crippen LogP) is 0.601. The van der Waals surface area contributed by atoms with Crippen molar-refractivity contribution in [3.63, 3.8) is 0 Å². The SMILES string of the molecule is NNS(=O)(=O)CS(=O)(=O)N(Nc1ccccc1)c1ccccc1. The van der Waals surface area contributed by atoms with Gasteiger partial charge in [0.25, 0.3) is 10.0 Å². The normalized spacial score (nSPS) is 11.9. The maximum atomic E-state index is 12.5. The number of hydrazine groups is 2. The van der Waals surface area contributed by atoms with Crippen LogP contribution in [-0.2, 0) is 20.0 Å². The van der Waals surface area contributed by atoms with E-state index in [1.165, 1.54) is 17.0 Å². The van der Waals surface area contributed by atoms with E-state index in [1.54, 1.807) is 48.5 Å². The molecule has 0 aromatic heterocycles. The summed E-state index contributed by atoms with van der Waals surface area (Å²) in [6.45, 7) is 0. The average Bonchev–Trinajstić information content (AvgIpc) is 2.53. The molecule has 2 aromatic rings. The number of nitrogens with one attached hydrogen (secondary N) is 2. The Hall–Kier alpha value is -2.14. The van der Waals surface area contributed by atoms with Gasteiger partial charge in [0.15, 0.2) is 5.08 Å². The minimum absolute atomic E-state index is 0.267. The zero-order valence-corrected chi connectivity index (χ0v) is 13.6. The van der Waals surface area contributed by atoms with Crippen molar-refractivity contribution in [2.24, 2.45) is 5.84 Å². The van der Waals surface area contributed by atoms with Gasteiger partial charge in [-0.1, -0.05) is 36.4 Å². The molecule has 10 heteroatoms. The summed E-state index contributed by atoms with van der Waals surface area (Å²) in [4.78, 5) is 1.51. The summed E-state index contributed by atoms with van der Waals surface area (Å²) in [7, 11) is -8.42. The largest absolute Gasteiger partial charge is 0.284 e. The van der Waals surface area contributed by atoms with E-state index in [1.807, 2.05) is 0 Å². The zero-order valence-electron chi connectivity index (χ0n) is 12.0. The second-order valence-electron chi connectivity index (χ2n) is 4.54. The van der Waals surface area contributed by atoms with Crippen LogP contribution in [0, 0.1) is 0 Å². The molecule has 2 aromatic carbocycles. The second kappa shape index (κ2) is 6.96. The van der Waals surface area contributed by atoms with Crippen LogP contribution in [-0.4, -0.2) is 21.9 Å². The lowest BCUT2D eigenvalue weighted by Gasteiger charge is -2.25. The van der Waals surface area contributed by atoms with Gasteiger partial charge in [-0.2, -0.15) is 9.25 Å². The van der Waals surface area contributed by atoms with Crippen LogP contribution in [0.1, 0.15) is 0 Å². The highest BCUT2D eigenvalue weighted by Crippen LogP contribution is 2.20. The summed E-state index contributed by atoms with van der Waals surface area (Å²) in [5.41, 5.74) is 3.45. The molecule has 124 valence electrons. The lowest BCUT2D eigenvalue weighted by Crippen LogP contribution is -2.43. The number of para-hydroxylation sites is 2. The molecule has 0 amide bonds. The van der Waals surface area contributed by atoms with E-state index in [-0.39, 0.29) is 5.69 Å². The Morgan fingerprint density at radius 1 is 0.870 bits per heavy atom. The van der Waals surface area contributed by atoms with Crippen molar-refractivity contribution in [1.29, 1.82) is 0 Å². The standard InChI is InChI=1S/C13H16N4O4S2/c14-16-22(18,19)11-23(20,21)17(13-9-5-2-6-10-13)15-12-7-3-1-4-8-12/h1-10,15-16H,11,14H2. The van der Waals surface area contributed by atoms with Gasteiger partial charge < -0.3 is 0 Å². The number of nitrogens with two attached hydrogens (primary N) is 1. The molecule has 0 atom stereocenters. The molecule has 0 aliphatic rings. The smallest absolute Gasteiger partial charge is 0.268 e. The van der Waals surface area contributed by atoms with E-state index in [0.717, 1.165) is 4.41 Å². The molecular formula is C13H16N4O4S2. The molecule has 0 aliphatic carbocycles. The van der Waals surface area contributed by atoms with Crippen LogP contribution in [0.3, 0.4) is 0 Å². The molecule has 4 N–H and O–H groups in total. The molecule has 0 saturated heterocycles. The molecule has 0 radical (unpaired) electrons. The van der Waals surface area contributed by atoms with Gasteiger partial charge in [0.2, 0.25) is 10.0 Å². The van der Waals surface area contributed by atoms with Gasteiger partial charge in [0, 0.05) is 0 Å². The Balaban J connectivity index is 2.41. The molecule has 23 heavy (non-hydrogen) atoms. The molecule has 2 rings (SSSR count). The fraction of sp³-hybridized carbons (Fsp3) is 0.0769. The number of sulfonamides is 2. The van der Waals surface area contributed by atoms with E-state index in [0.29, 0.717) is 5.69 Å². The van der Waals surface area contributed by atoms with Gasteiger partial charge in [-0.05, 0) is 24.3 Å². The van der Waals surface area contributed by atoms with Crippen molar-refractivity contribution in [3.8, 4) is 0 Å². The van der Waals surface area contributed by atoms with Crippen LogP contribution in [0.5, 0.6) is 0 Å². The van der Waals surface area contributed by atoms with Crippen molar-refractivity contribution in [3.05, 3.63) is 60.7 Å². The third-order valence-electron chi connectivity index (χ3n) is 2.76. The molecule has 8 nitrogen and oxygen atoms in total. The number of hydrogen-bond donors (Lipinski definition) is 3. The van der Waals surface area contributed by atoms with E-state index in [4.69, 9.17) is 5.84 Å².